The van der Waals surface area contributed by atoms with Crippen LogP contribution in [0.3, 0.4) is 0 Å². The van der Waals surface area contributed by atoms with Gasteiger partial charge >= 0.3 is 0 Å². The number of aromatic nitrogens is 4. The predicted octanol–water partition coefficient (Wildman–Crippen LogP) is 1.64. The number of imidazole rings is 1. The van der Waals surface area contributed by atoms with Gasteiger partial charge in [0.05, 0.1) is 38.1 Å². The van der Waals surface area contributed by atoms with Gasteiger partial charge in [-0.2, -0.15) is 10.2 Å². The highest BCUT2D eigenvalue weighted by atomic mass is 31.2. The lowest BCUT2D eigenvalue weighted by Gasteiger charge is -2.37. The number of nitriles is 1. The zero-order valence-electron chi connectivity index (χ0n) is 18.6. The van der Waals surface area contributed by atoms with E-state index in [4.69, 9.17) is 24.8 Å². The number of hydrogen-bond donors (Lipinski definition) is 3. The molecule has 0 aromatic carbocycles. The summed E-state index contributed by atoms with van der Waals surface area (Å²) in [6.45, 7) is 8.19. The topological polar surface area (TPSA) is 165 Å². The maximum absolute atomic E-state index is 12.1. The van der Waals surface area contributed by atoms with Crippen LogP contribution in [0.1, 0.15) is 46.8 Å². The van der Waals surface area contributed by atoms with Gasteiger partial charge in [-0.25, -0.2) is 9.65 Å². The molecule has 3 rings (SSSR count). The van der Waals surface area contributed by atoms with Crippen molar-refractivity contribution in [3.05, 3.63) is 16.7 Å². The van der Waals surface area contributed by atoms with Gasteiger partial charge in [0.15, 0.2) is 11.2 Å². The van der Waals surface area contributed by atoms with Crippen LogP contribution >= 0.6 is 8.53 Å². The minimum atomic E-state index is -1.50. The van der Waals surface area contributed by atoms with E-state index in [9.17, 15) is 9.90 Å². The summed E-state index contributed by atoms with van der Waals surface area (Å²) in [5.41, 5.74) is 5.71. The first-order chi connectivity index (χ1) is 15.3. The molecule has 1 aliphatic heterocycles. The number of ether oxygens (including phenoxy) is 1. The lowest BCUT2D eigenvalue weighted by atomic mass is 10.2. The van der Waals surface area contributed by atoms with E-state index in [0.29, 0.717) is 12.1 Å². The fraction of sp³-hybridized carbons (Fsp3) is 0.684. The molecule has 1 aliphatic rings. The molecule has 0 bridgehead atoms. The van der Waals surface area contributed by atoms with E-state index in [1.54, 1.807) is 4.57 Å². The Hall–Kier alpha value is -2.13. The third-order valence-electron chi connectivity index (χ3n) is 5.01. The minimum absolute atomic E-state index is 0.0207. The van der Waals surface area contributed by atoms with E-state index in [-0.39, 0.29) is 43.2 Å². The molecule has 1 saturated heterocycles. The normalized spacial score (nSPS) is 22.3. The SMILES string of the molecule is CC(C)N(C(C)C)P(OCCC#N)O[C@H]1C[C@H](n2cnc3c(=O)[nH]c(N)nc32)O[C@@H]1CO. The van der Waals surface area contributed by atoms with Crippen molar-refractivity contribution in [2.45, 2.75) is 71.1 Å². The number of fused-ring (bicyclic) bond motifs is 1. The molecule has 12 nitrogen and oxygen atoms in total. The Labute approximate surface area is 187 Å². The third-order valence-corrected chi connectivity index (χ3v) is 7.16. The monoisotopic (exact) mass is 467 g/mol. The number of aliphatic hydroxyl groups excluding tert-OH is 1. The van der Waals surface area contributed by atoms with E-state index < -0.39 is 32.5 Å². The van der Waals surface area contributed by atoms with Crippen LogP contribution in [-0.4, -0.2) is 66.8 Å². The highest BCUT2D eigenvalue weighted by Gasteiger charge is 2.41. The second kappa shape index (κ2) is 10.7. The van der Waals surface area contributed by atoms with Crippen LogP contribution in [0.2, 0.25) is 0 Å². The Morgan fingerprint density at radius 3 is 2.81 bits per heavy atom. The molecule has 4 atom stereocenters. The lowest BCUT2D eigenvalue weighted by molar-refractivity contribution is -0.0411. The van der Waals surface area contributed by atoms with Crippen LogP contribution in [0, 0.1) is 11.3 Å². The number of anilines is 1. The van der Waals surface area contributed by atoms with Gasteiger partial charge in [0, 0.05) is 18.5 Å². The molecule has 2 aromatic rings. The van der Waals surface area contributed by atoms with Crippen LogP contribution in [-0.2, 0) is 13.8 Å². The fourth-order valence-corrected chi connectivity index (χ4v) is 5.47. The first-order valence-corrected chi connectivity index (χ1v) is 11.6. The van der Waals surface area contributed by atoms with Crippen molar-refractivity contribution in [3.63, 3.8) is 0 Å². The number of hydrogen-bond acceptors (Lipinski definition) is 10. The first kappa shape index (κ1) is 24.5. The van der Waals surface area contributed by atoms with Gasteiger partial charge in [-0.1, -0.05) is 0 Å². The molecule has 4 N–H and O–H groups in total. The summed E-state index contributed by atoms with van der Waals surface area (Å²) in [5, 5.41) is 18.8. The molecular weight excluding hydrogens is 437 g/mol. The average molecular weight is 467 g/mol. The summed E-state index contributed by atoms with van der Waals surface area (Å²) in [6.07, 6.45) is 0.461. The summed E-state index contributed by atoms with van der Waals surface area (Å²) in [7, 11) is -1.50. The van der Waals surface area contributed by atoms with Crippen molar-refractivity contribution in [1.82, 2.24) is 24.2 Å². The predicted molar refractivity (Wildman–Crippen MR) is 118 cm³/mol. The average Bonchev–Trinajstić information content (AvgIpc) is 3.31. The molecule has 176 valence electrons. The Bertz CT molecular complexity index is 996. The van der Waals surface area contributed by atoms with Crippen LogP contribution in [0.25, 0.3) is 11.2 Å². The molecule has 3 heterocycles. The molecule has 0 saturated carbocycles. The fourth-order valence-electron chi connectivity index (χ4n) is 3.71. The van der Waals surface area contributed by atoms with Gasteiger partial charge in [-0.3, -0.25) is 14.3 Å². The summed E-state index contributed by atoms with van der Waals surface area (Å²) in [4.78, 5) is 22.8. The number of aliphatic hydroxyl groups is 1. The maximum atomic E-state index is 12.1. The van der Waals surface area contributed by atoms with Crippen molar-refractivity contribution in [2.24, 2.45) is 0 Å². The lowest BCUT2D eigenvalue weighted by Crippen LogP contribution is -2.36. The summed E-state index contributed by atoms with van der Waals surface area (Å²) >= 11 is 0. The molecule has 2 aromatic heterocycles. The Morgan fingerprint density at radius 1 is 1.47 bits per heavy atom. The molecular formula is C19H30N7O5P. The molecule has 13 heteroatoms. The van der Waals surface area contributed by atoms with Crippen molar-refractivity contribution >= 4 is 25.6 Å². The molecule has 0 spiro atoms. The first-order valence-electron chi connectivity index (χ1n) is 10.5. The number of rotatable bonds is 10. The minimum Gasteiger partial charge on any atom is -0.394 e. The molecule has 32 heavy (non-hydrogen) atoms. The van der Waals surface area contributed by atoms with Crippen LogP contribution in [0.4, 0.5) is 5.95 Å². The largest absolute Gasteiger partial charge is 0.394 e. The van der Waals surface area contributed by atoms with Crippen molar-refractivity contribution < 1.29 is 18.9 Å². The van der Waals surface area contributed by atoms with Crippen LogP contribution in [0.5, 0.6) is 0 Å². The van der Waals surface area contributed by atoms with Crippen LogP contribution in [0.15, 0.2) is 11.1 Å². The van der Waals surface area contributed by atoms with Gasteiger partial charge in [-0.05, 0) is 27.7 Å². The number of aromatic amines is 1. The molecule has 1 unspecified atom stereocenters. The number of H-pyrrole nitrogens is 1. The molecule has 0 amide bonds. The zero-order valence-corrected chi connectivity index (χ0v) is 19.5. The quantitative estimate of drug-likeness (QED) is 0.345. The highest BCUT2D eigenvalue weighted by molar-refractivity contribution is 7.44. The van der Waals surface area contributed by atoms with E-state index in [1.165, 1.54) is 6.33 Å². The van der Waals surface area contributed by atoms with Crippen molar-refractivity contribution in [1.29, 1.82) is 5.26 Å². The smallest absolute Gasteiger partial charge is 0.280 e. The third kappa shape index (κ3) is 5.26. The van der Waals surface area contributed by atoms with E-state index >= 15 is 0 Å². The zero-order chi connectivity index (χ0) is 23.4. The summed E-state index contributed by atoms with van der Waals surface area (Å²) in [5.74, 6) is -0.0207. The van der Waals surface area contributed by atoms with Gasteiger partial charge < -0.3 is 24.6 Å². The molecule has 0 radical (unpaired) electrons. The van der Waals surface area contributed by atoms with E-state index in [1.807, 2.05) is 0 Å². The molecule has 0 aliphatic carbocycles. The van der Waals surface area contributed by atoms with E-state index in [0.717, 1.165) is 0 Å². The van der Waals surface area contributed by atoms with Gasteiger partial charge in [0.1, 0.15) is 12.3 Å². The highest BCUT2D eigenvalue weighted by Crippen LogP contribution is 2.50. The summed E-state index contributed by atoms with van der Waals surface area (Å²) < 4.78 is 22.1. The van der Waals surface area contributed by atoms with Gasteiger partial charge in [0.25, 0.3) is 14.1 Å². The van der Waals surface area contributed by atoms with Crippen LogP contribution < -0.4 is 11.3 Å². The number of nitrogens with two attached hydrogens (primary N) is 1. The maximum Gasteiger partial charge on any atom is 0.280 e. The van der Waals surface area contributed by atoms with Crippen molar-refractivity contribution in [2.75, 3.05) is 18.9 Å². The number of nitrogens with zero attached hydrogens (tertiary/aromatic N) is 5. The second-order valence-electron chi connectivity index (χ2n) is 8.01. The molecule has 1 fully saturated rings. The Balaban J connectivity index is 1.84. The van der Waals surface area contributed by atoms with E-state index in [2.05, 4.69) is 53.4 Å². The Morgan fingerprint density at radius 2 is 2.19 bits per heavy atom. The second-order valence-corrected chi connectivity index (χ2v) is 9.42. The number of nitrogens with one attached hydrogen (secondary N) is 1. The van der Waals surface area contributed by atoms with Gasteiger partial charge in [-0.15, -0.1) is 0 Å². The Kier molecular flexibility index (Phi) is 8.16. The van der Waals surface area contributed by atoms with Gasteiger partial charge in [0.2, 0.25) is 5.95 Å². The standard InChI is InChI=1S/C19H30N7O5P/c1-11(2)26(12(3)4)32(29-7-5-6-20)31-13-8-15(30-14(13)9-27)25-10-22-16-17(25)23-19(21)24-18(16)28/h10-15,27H,5,7-9H2,1-4H3,(H3,21,23,24,28)/t13-,14+,15+,32?/m0/s1. The number of nitrogen functional groups attached to an aromatic ring is 1. The summed E-state index contributed by atoms with van der Waals surface area (Å²) in [6, 6.07) is 2.36. The van der Waals surface area contributed by atoms with Crippen molar-refractivity contribution in [3.8, 4) is 6.07 Å².